The van der Waals surface area contributed by atoms with Crippen LogP contribution in [0.5, 0.6) is 0 Å². The van der Waals surface area contributed by atoms with Crippen molar-refractivity contribution in [2.45, 2.75) is 41.4 Å². The molecule has 0 aliphatic heterocycles. The van der Waals surface area contributed by atoms with Crippen molar-refractivity contribution in [2.24, 2.45) is 0 Å². The molecular weight excluding hydrogens is 432 g/mol. The minimum atomic E-state index is -0.188. The standard InChI is InChI=1S/C20H19ClN2O2S3/c1-25-17(24)9-10-26-19-18-14-3-2-4-15(14)28-20(18)23-16(22-19)11-27-13-7-5-12(21)6-8-13/h5-8H,2-4,9-11H2,1H3. The van der Waals surface area contributed by atoms with Crippen LogP contribution in [0.1, 0.15) is 29.1 Å². The monoisotopic (exact) mass is 450 g/mol. The van der Waals surface area contributed by atoms with E-state index in [1.807, 2.05) is 24.3 Å². The average Bonchev–Trinajstić information content (AvgIpc) is 3.28. The average molecular weight is 451 g/mol. The van der Waals surface area contributed by atoms with Gasteiger partial charge >= 0.3 is 5.97 Å². The van der Waals surface area contributed by atoms with E-state index in [0.717, 1.165) is 38.4 Å². The number of carbonyl (C=O) groups excluding carboxylic acids is 1. The Morgan fingerprint density at radius 2 is 2.04 bits per heavy atom. The van der Waals surface area contributed by atoms with Crippen LogP contribution < -0.4 is 0 Å². The van der Waals surface area contributed by atoms with Crippen LogP contribution in [0.15, 0.2) is 34.2 Å². The number of hydrogen-bond acceptors (Lipinski definition) is 7. The Kier molecular flexibility index (Phi) is 6.45. The van der Waals surface area contributed by atoms with Crippen molar-refractivity contribution in [1.29, 1.82) is 0 Å². The van der Waals surface area contributed by atoms with Crippen molar-refractivity contribution in [2.75, 3.05) is 12.9 Å². The largest absolute Gasteiger partial charge is 0.469 e. The van der Waals surface area contributed by atoms with Crippen LogP contribution in [-0.4, -0.2) is 28.8 Å². The number of thioether (sulfide) groups is 2. The van der Waals surface area contributed by atoms with Gasteiger partial charge in [-0.25, -0.2) is 9.97 Å². The minimum Gasteiger partial charge on any atom is -0.469 e. The number of aromatic nitrogens is 2. The lowest BCUT2D eigenvalue weighted by Crippen LogP contribution is -2.02. The Balaban J connectivity index is 1.58. The molecule has 0 saturated carbocycles. The highest BCUT2D eigenvalue weighted by Crippen LogP contribution is 2.41. The molecule has 0 saturated heterocycles. The third-order valence-electron chi connectivity index (χ3n) is 4.53. The van der Waals surface area contributed by atoms with Crippen molar-refractivity contribution < 1.29 is 9.53 Å². The number of rotatable bonds is 7. The predicted molar refractivity (Wildman–Crippen MR) is 118 cm³/mol. The van der Waals surface area contributed by atoms with E-state index in [1.165, 1.54) is 29.4 Å². The van der Waals surface area contributed by atoms with Gasteiger partial charge in [-0.3, -0.25) is 4.79 Å². The molecule has 2 heterocycles. The number of hydrogen-bond donors (Lipinski definition) is 0. The number of nitrogens with zero attached hydrogens (tertiary/aromatic N) is 2. The SMILES string of the molecule is COC(=O)CCSc1nc(CSc2ccc(Cl)cc2)nc2sc3c(c12)CCC3. The molecule has 2 aromatic heterocycles. The second-order valence-corrected chi connectivity index (χ2v) is 10.1. The fraction of sp³-hybridized carbons (Fsp3) is 0.350. The first-order valence-electron chi connectivity index (χ1n) is 9.03. The topological polar surface area (TPSA) is 52.1 Å². The van der Waals surface area contributed by atoms with Gasteiger partial charge in [0.2, 0.25) is 0 Å². The molecule has 0 radical (unpaired) electrons. The normalized spacial score (nSPS) is 13.1. The van der Waals surface area contributed by atoms with Crippen LogP contribution in [0.25, 0.3) is 10.2 Å². The summed E-state index contributed by atoms with van der Waals surface area (Å²) in [6.07, 6.45) is 3.82. The molecule has 3 aromatic rings. The van der Waals surface area contributed by atoms with Crippen molar-refractivity contribution in [3.8, 4) is 0 Å². The lowest BCUT2D eigenvalue weighted by atomic mass is 10.2. The fourth-order valence-corrected chi connectivity index (χ4v) is 6.41. The summed E-state index contributed by atoms with van der Waals surface area (Å²) in [5.74, 6) is 2.00. The highest BCUT2D eigenvalue weighted by Gasteiger charge is 2.22. The molecule has 1 aromatic carbocycles. The van der Waals surface area contributed by atoms with E-state index in [-0.39, 0.29) is 5.97 Å². The van der Waals surface area contributed by atoms with E-state index in [1.54, 1.807) is 34.9 Å². The van der Waals surface area contributed by atoms with Gasteiger partial charge in [0.15, 0.2) is 0 Å². The zero-order valence-corrected chi connectivity index (χ0v) is 18.6. The number of ether oxygens (including phenoxy) is 1. The number of esters is 1. The number of aryl methyl sites for hydroxylation is 2. The van der Waals surface area contributed by atoms with Gasteiger partial charge < -0.3 is 4.74 Å². The van der Waals surface area contributed by atoms with Gasteiger partial charge in [0.25, 0.3) is 0 Å². The summed E-state index contributed by atoms with van der Waals surface area (Å²) in [4.78, 5) is 24.8. The van der Waals surface area contributed by atoms with Crippen LogP contribution >= 0.6 is 46.5 Å². The zero-order chi connectivity index (χ0) is 19.5. The van der Waals surface area contributed by atoms with Crippen molar-refractivity contribution in [3.05, 3.63) is 45.6 Å². The summed E-state index contributed by atoms with van der Waals surface area (Å²) < 4.78 is 4.76. The Bertz CT molecular complexity index is 1000. The number of halogens is 1. The Morgan fingerprint density at radius 1 is 1.21 bits per heavy atom. The number of methoxy groups -OCH3 is 1. The maximum absolute atomic E-state index is 11.5. The molecule has 0 spiro atoms. The van der Waals surface area contributed by atoms with Crippen LogP contribution in [0.3, 0.4) is 0 Å². The fourth-order valence-electron chi connectivity index (χ4n) is 3.19. The Labute approximate surface area is 181 Å². The Hall–Kier alpha value is -1.28. The number of thiophene rings is 1. The van der Waals surface area contributed by atoms with Gasteiger partial charge in [-0.1, -0.05) is 11.6 Å². The Morgan fingerprint density at radius 3 is 2.82 bits per heavy atom. The van der Waals surface area contributed by atoms with Crippen LogP contribution in [-0.2, 0) is 28.1 Å². The lowest BCUT2D eigenvalue weighted by Gasteiger charge is -2.07. The van der Waals surface area contributed by atoms with E-state index in [4.69, 9.17) is 26.3 Å². The quantitative estimate of drug-likeness (QED) is 0.258. The first-order chi connectivity index (χ1) is 13.6. The molecular formula is C20H19ClN2O2S3. The highest BCUT2D eigenvalue weighted by molar-refractivity contribution is 7.99. The first kappa shape index (κ1) is 20.0. The zero-order valence-electron chi connectivity index (χ0n) is 15.4. The van der Waals surface area contributed by atoms with Gasteiger partial charge in [-0.05, 0) is 49.1 Å². The number of benzene rings is 1. The van der Waals surface area contributed by atoms with Crippen LogP contribution in [0, 0.1) is 0 Å². The molecule has 8 heteroatoms. The molecule has 0 unspecified atom stereocenters. The maximum Gasteiger partial charge on any atom is 0.306 e. The molecule has 0 N–H and O–H groups in total. The van der Waals surface area contributed by atoms with Gasteiger partial charge in [0.05, 0.1) is 19.3 Å². The number of fused-ring (bicyclic) bond motifs is 3. The molecule has 0 atom stereocenters. The summed E-state index contributed by atoms with van der Waals surface area (Å²) in [5, 5.41) is 2.94. The smallest absolute Gasteiger partial charge is 0.306 e. The molecule has 0 bridgehead atoms. The van der Waals surface area contributed by atoms with E-state index < -0.39 is 0 Å². The lowest BCUT2D eigenvalue weighted by molar-refractivity contribution is -0.140. The van der Waals surface area contributed by atoms with Gasteiger partial charge in [-0.15, -0.1) is 34.9 Å². The third kappa shape index (κ3) is 4.48. The van der Waals surface area contributed by atoms with Gasteiger partial charge in [0, 0.05) is 25.9 Å². The molecule has 146 valence electrons. The van der Waals surface area contributed by atoms with Gasteiger partial charge in [-0.2, -0.15) is 0 Å². The predicted octanol–water partition coefficient (Wildman–Crippen LogP) is 5.78. The van der Waals surface area contributed by atoms with Crippen molar-refractivity contribution in [1.82, 2.24) is 9.97 Å². The summed E-state index contributed by atoms with van der Waals surface area (Å²) in [7, 11) is 1.42. The van der Waals surface area contributed by atoms with Crippen molar-refractivity contribution in [3.63, 3.8) is 0 Å². The molecule has 4 nitrogen and oxygen atoms in total. The molecule has 1 aliphatic rings. The van der Waals surface area contributed by atoms with Crippen LogP contribution in [0.2, 0.25) is 5.02 Å². The van der Waals surface area contributed by atoms with Gasteiger partial charge in [0.1, 0.15) is 15.7 Å². The molecule has 1 aliphatic carbocycles. The van der Waals surface area contributed by atoms with E-state index in [0.29, 0.717) is 17.9 Å². The second-order valence-electron chi connectivity index (χ2n) is 6.40. The second kappa shape index (κ2) is 9.03. The highest BCUT2D eigenvalue weighted by atomic mass is 35.5. The summed E-state index contributed by atoms with van der Waals surface area (Å²) in [5.41, 5.74) is 1.41. The molecule has 4 rings (SSSR count). The molecule has 28 heavy (non-hydrogen) atoms. The van der Waals surface area contributed by atoms with E-state index in [2.05, 4.69) is 0 Å². The summed E-state index contributed by atoms with van der Waals surface area (Å²) in [6.45, 7) is 0. The summed E-state index contributed by atoms with van der Waals surface area (Å²) in [6, 6.07) is 7.81. The van der Waals surface area contributed by atoms with Crippen molar-refractivity contribution >= 4 is 62.6 Å². The minimum absolute atomic E-state index is 0.188. The summed E-state index contributed by atoms with van der Waals surface area (Å²) >= 11 is 11.1. The van der Waals surface area contributed by atoms with E-state index >= 15 is 0 Å². The van der Waals surface area contributed by atoms with E-state index in [9.17, 15) is 4.79 Å². The molecule has 0 fully saturated rings. The number of carbonyl (C=O) groups is 1. The molecule has 0 amide bonds. The third-order valence-corrected chi connectivity index (χ3v) is 7.95. The van der Waals surface area contributed by atoms with Crippen LogP contribution in [0.4, 0.5) is 0 Å². The maximum atomic E-state index is 11.5. The first-order valence-corrected chi connectivity index (χ1v) is 12.2.